The summed E-state index contributed by atoms with van der Waals surface area (Å²) < 4.78 is 46.6. The normalized spacial score (nSPS) is 19.4. The Morgan fingerprint density at radius 2 is 1.69 bits per heavy atom. The number of thiophene rings is 1. The number of halogens is 3. The first-order chi connectivity index (χ1) is 25.0. The van der Waals surface area contributed by atoms with E-state index in [1.807, 2.05) is 42.2 Å². The van der Waals surface area contributed by atoms with Gasteiger partial charge in [-0.15, -0.1) is 11.3 Å². The first-order valence-electron chi connectivity index (χ1n) is 17.2. The fraction of sp³-hybridized carbons (Fsp3) is 0.342. The average molecular weight is 729 g/mol. The van der Waals surface area contributed by atoms with Gasteiger partial charge in [-0.05, 0) is 87.2 Å². The number of rotatable bonds is 7. The first-order valence-corrected chi connectivity index (χ1v) is 18.0. The number of fused-ring (bicyclic) bond motifs is 1. The van der Waals surface area contributed by atoms with Gasteiger partial charge in [0.15, 0.2) is 0 Å². The number of amides is 3. The molecule has 3 amide bonds. The van der Waals surface area contributed by atoms with Crippen LogP contribution < -0.4 is 20.4 Å². The summed E-state index contributed by atoms with van der Waals surface area (Å²) in [5.74, 6) is -0.960. The molecule has 1 spiro atoms. The van der Waals surface area contributed by atoms with Gasteiger partial charge in [-0.2, -0.15) is 13.2 Å². The lowest BCUT2D eigenvalue weighted by molar-refractivity contribution is -0.137. The van der Waals surface area contributed by atoms with E-state index >= 15 is 0 Å². The number of aromatic nitrogens is 1. The van der Waals surface area contributed by atoms with Crippen molar-refractivity contribution in [1.82, 2.24) is 10.3 Å². The molecule has 268 valence electrons. The van der Waals surface area contributed by atoms with Crippen LogP contribution in [0.3, 0.4) is 0 Å². The Hall–Kier alpha value is -5.08. The summed E-state index contributed by atoms with van der Waals surface area (Å²) in [6, 6.07) is 17.8. The fourth-order valence-corrected chi connectivity index (χ4v) is 8.03. The maximum atomic E-state index is 14.2. The highest BCUT2D eigenvalue weighted by molar-refractivity contribution is 7.16. The molecule has 3 fully saturated rings. The summed E-state index contributed by atoms with van der Waals surface area (Å²) in [6.07, 6.45) is -0.245. The number of alkyl halides is 3. The average Bonchev–Trinajstić information content (AvgIpc) is 3.80. The van der Waals surface area contributed by atoms with E-state index in [0.29, 0.717) is 59.5 Å². The third kappa shape index (κ3) is 6.56. The lowest BCUT2D eigenvalue weighted by Crippen LogP contribution is -2.59. The second kappa shape index (κ2) is 13.2. The third-order valence-corrected chi connectivity index (χ3v) is 11.2. The van der Waals surface area contributed by atoms with E-state index < -0.39 is 23.7 Å². The molecule has 0 bridgehead atoms. The third-order valence-electron chi connectivity index (χ3n) is 10.1. The van der Waals surface area contributed by atoms with Crippen LogP contribution in [0.4, 0.5) is 36.1 Å². The van der Waals surface area contributed by atoms with Gasteiger partial charge in [0.2, 0.25) is 0 Å². The van der Waals surface area contributed by atoms with Crippen molar-refractivity contribution < 1.29 is 32.3 Å². The van der Waals surface area contributed by atoms with Gasteiger partial charge in [0.05, 0.1) is 44.0 Å². The summed E-state index contributed by atoms with van der Waals surface area (Å²) in [5, 5.41) is 5.72. The summed E-state index contributed by atoms with van der Waals surface area (Å²) >= 11 is 1.33. The number of hydrogen-bond acceptors (Lipinski definition) is 8. The maximum Gasteiger partial charge on any atom is 0.417 e. The van der Waals surface area contributed by atoms with Crippen molar-refractivity contribution in [1.29, 1.82) is 0 Å². The minimum atomic E-state index is -4.68. The topological polar surface area (TPSA) is 116 Å². The summed E-state index contributed by atoms with van der Waals surface area (Å²) in [7, 11) is 0. The predicted octanol–water partition coefficient (Wildman–Crippen LogP) is 7.09. The van der Waals surface area contributed by atoms with Crippen LogP contribution >= 0.6 is 11.3 Å². The number of hydrogen-bond donors (Lipinski definition) is 2. The molecule has 3 aliphatic heterocycles. The SMILES string of the molecule is C[C@@H]1C(c2ccc(C(=O)NC3CC3)s2)=Nc2ccccc2N1C(=O)c1ccc(NC(=O)c2cc(C(F)(F)F)cnc2N2CC3(CCOCC3)C2)cc1. The molecule has 2 saturated heterocycles. The van der Waals surface area contributed by atoms with Crippen LogP contribution in [-0.4, -0.2) is 66.8 Å². The molecule has 2 N–H and O–H groups in total. The van der Waals surface area contributed by atoms with Crippen LogP contribution in [0.1, 0.15) is 73.4 Å². The standard InChI is InChI=1S/C38H35F3N6O4S/c1-22-32(30-12-13-31(52-30)35(49)44-26-10-11-26)45-28-4-2-3-5-29(28)47(22)36(50)23-6-8-25(9-7-23)43-34(48)27-18-24(38(39,40)41)19-42-33(27)46-20-37(21-46)14-16-51-17-15-37/h2-9,12-13,18-19,22,26H,10-11,14-17,20-21H2,1H3,(H,43,48)(H,44,49)/t22-/m1/s1. The van der Waals surface area contributed by atoms with Crippen molar-refractivity contribution in [2.24, 2.45) is 10.4 Å². The van der Waals surface area contributed by atoms with Crippen LogP contribution in [0.5, 0.6) is 0 Å². The Labute approximate surface area is 301 Å². The number of para-hydroxylation sites is 2. The highest BCUT2D eigenvalue weighted by atomic mass is 32.1. The molecule has 52 heavy (non-hydrogen) atoms. The molecule has 2 aromatic carbocycles. The lowest BCUT2D eigenvalue weighted by atomic mass is 9.73. The van der Waals surface area contributed by atoms with E-state index in [1.165, 1.54) is 11.3 Å². The number of nitrogens with zero attached hydrogens (tertiary/aromatic N) is 4. The Morgan fingerprint density at radius 1 is 0.962 bits per heavy atom. The second-order valence-corrected chi connectivity index (χ2v) is 14.9. The molecule has 10 nitrogen and oxygen atoms in total. The lowest BCUT2D eigenvalue weighted by Gasteiger charge is -2.53. The van der Waals surface area contributed by atoms with E-state index in [0.717, 1.165) is 42.8 Å². The Balaban J connectivity index is 1.01. The van der Waals surface area contributed by atoms with Gasteiger partial charge in [-0.3, -0.25) is 19.3 Å². The second-order valence-electron chi connectivity index (χ2n) is 13.8. The molecule has 5 heterocycles. The highest BCUT2D eigenvalue weighted by Gasteiger charge is 2.46. The van der Waals surface area contributed by atoms with E-state index in [4.69, 9.17) is 9.73 Å². The molecule has 8 rings (SSSR count). The number of benzene rings is 2. The number of nitrogens with one attached hydrogen (secondary N) is 2. The van der Waals surface area contributed by atoms with Crippen LogP contribution in [-0.2, 0) is 10.9 Å². The first kappa shape index (κ1) is 34.0. The molecule has 2 aromatic heterocycles. The summed E-state index contributed by atoms with van der Waals surface area (Å²) in [5.41, 5.74) is 1.35. The number of pyridine rings is 1. The van der Waals surface area contributed by atoms with Crippen molar-refractivity contribution in [3.8, 4) is 0 Å². The van der Waals surface area contributed by atoms with Crippen molar-refractivity contribution in [3.63, 3.8) is 0 Å². The van der Waals surface area contributed by atoms with Crippen molar-refractivity contribution >= 4 is 57.7 Å². The Morgan fingerprint density at radius 3 is 2.40 bits per heavy atom. The van der Waals surface area contributed by atoms with Gasteiger partial charge in [-0.1, -0.05) is 12.1 Å². The molecule has 1 saturated carbocycles. The molecule has 0 radical (unpaired) electrons. The zero-order valence-electron chi connectivity index (χ0n) is 28.2. The maximum absolute atomic E-state index is 14.2. The molecule has 1 atom stereocenters. The van der Waals surface area contributed by atoms with E-state index in [1.54, 1.807) is 35.2 Å². The van der Waals surface area contributed by atoms with Gasteiger partial charge < -0.3 is 20.3 Å². The number of ether oxygens (including phenoxy) is 1. The van der Waals surface area contributed by atoms with Crippen LogP contribution in [0.2, 0.25) is 0 Å². The van der Waals surface area contributed by atoms with Crippen LogP contribution in [0.25, 0.3) is 0 Å². The Kier molecular flexibility index (Phi) is 8.61. The number of carbonyl (C=O) groups is 3. The smallest absolute Gasteiger partial charge is 0.381 e. The summed E-state index contributed by atoms with van der Waals surface area (Å²) in [4.78, 5) is 54.3. The van der Waals surface area contributed by atoms with Gasteiger partial charge >= 0.3 is 6.18 Å². The Bertz CT molecular complexity index is 2080. The van der Waals surface area contributed by atoms with Gasteiger partial charge in [0, 0.05) is 55.2 Å². The van der Waals surface area contributed by atoms with E-state index in [9.17, 15) is 27.6 Å². The van der Waals surface area contributed by atoms with Gasteiger partial charge in [0.25, 0.3) is 17.7 Å². The van der Waals surface area contributed by atoms with Crippen molar-refractivity contribution in [2.45, 2.75) is 50.9 Å². The molecular formula is C38H35F3N6O4S. The largest absolute Gasteiger partial charge is 0.417 e. The van der Waals surface area contributed by atoms with Crippen molar-refractivity contribution in [3.05, 3.63) is 99.4 Å². The molecule has 1 aliphatic carbocycles. The minimum Gasteiger partial charge on any atom is -0.381 e. The summed E-state index contributed by atoms with van der Waals surface area (Å²) in [6.45, 7) is 4.31. The zero-order valence-corrected chi connectivity index (χ0v) is 29.0. The molecule has 4 aromatic rings. The molecule has 0 unspecified atom stereocenters. The zero-order chi connectivity index (χ0) is 36.2. The number of anilines is 3. The molecule has 4 aliphatic rings. The quantitative estimate of drug-likeness (QED) is 0.210. The molecule has 14 heteroatoms. The highest BCUT2D eigenvalue weighted by Crippen LogP contribution is 2.43. The van der Waals surface area contributed by atoms with Crippen LogP contribution in [0, 0.1) is 5.41 Å². The van der Waals surface area contributed by atoms with E-state index in [2.05, 4.69) is 15.6 Å². The van der Waals surface area contributed by atoms with E-state index in [-0.39, 0.29) is 34.7 Å². The minimum absolute atomic E-state index is 0.0104. The van der Waals surface area contributed by atoms with Crippen molar-refractivity contribution in [2.75, 3.05) is 41.4 Å². The van der Waals surface area contributed by atoms with Crippen LogP contribution in [0.15, 0.2) is 77.9 Å². The molecular weight excluding hydrogens is 694 g/mol. The van der Waals surface area contributed by atoms with Gasteiger partial charge in [-0.25, -0.2) is 9.98 Å². The predicted molar refractivity (Wildman–Crippen MR) is 192 cm³/mol. The monoisotopic (exact) mass is 728 g/mol. The number of aliphatic imine (C=N–C) groups is 1. The van der Waals surface area contributed by atoms with Gasteiger partial charge in [0.1, 0.15) is 5.82 Å². The fourth-order valence-electron chi connectivity index (χ4n) is 7.04. The number of carbonyl (C=O) groups excluding carboxylic acids is 3.